The molecule has 0 N–H and O–H groups in total. The highest BCUT2D eigenvalue weighted by Crippen LogP contribution is 2.20. The molecule has 1 rings (SSSR count). The van der Waals surface area contributed by atoms with Crippen molar-refractivity contribution < 1.29 is 4.79 Å². The lowest BCUT2D eigenvalue weighted by Gasteiger charge is -2.19. The first-order chi connectivity index (χ1) is 6.56. The number of carbonyl (C=O) groups is 1. The fourth-order valence-electron chi connectivity index (χ4n) is 1.55. The maximum Gasteiger partial charge on any atom is 0.226 e. The smallest absolute Gasteiger partial charge is 0.226 e. The van der Waals surface area contributed by atoms with Gasteiger partial charge < -0.3 is 4.90 Å². The van der Waals surface area contributed by atoms with E-state index in [1.54, 1.807) is 4.90 Å². The molecule has 0 unspecified atom stereocenters. The van der Waals surface area contributed by atoms with Crippen LogP contribution in [0.3, 0.4) is 0 Å². The van der Waals surface area contributed by atoms with Crippen LogP contribution in [0, 0.1) is 13.8 Å². The SMILES string of the molecule is CCC(=O)N(C)c1ccc(C)cc1C. The van der Waals surface area contributed by atoms with Crippen molar-refractivity contribution in [3.63, 3.8) is 0 Å². The average molecular weight is 191 g/mol. The highest BCUT2D eigenvalue weighted by Gasteiger charge is 2.10. The van der Waals surface area contributed by atoms with Gasteiger partial charge in [-0.25, -0.2) is 0 Å². The van der Waals surface area contributed by atoms with Crippen LogP contribution in [0.25, 0.3) is 0 Å². The first kappa shape index (κ1) is 10.8. The summed E-state index contributed by atoms with van der Waals surface area (Å²) in [5, 5.41) is 0. The fourth-order valence-corrected chi connectivity index (χ4v) is 1.55. The lowest BCUT2D eigenvalue weighted by molar-refractivity contribution is -0.118. The highest BCUT2D eigenvalue weighted by molar-refractivity contribution is 5.93. The molecule has 0 spiro atoms. The summed E-state index contributed by atoms with van der Waals surface area (Å²) in [5.41, 5.74) is 3.38. The molecule has 0 aliphatic heterocycles. The van der Waals surface area contributed by atoms with Crippen molar-refractivity contribution in [3.8, 4) is 0 Å². The zero-order chi connectivity index (χ0) is 10.7. The van der Waals surface area contributed by atoms with Crippen LogP contribution in [0.2, 0.25) is 0 Å². The summed E-state index contributed by atoms with van der Waals surface area (Å²) in [5.74, 6) is 0.150. The zero-order valence-electron chi connectivity index (χ0n) is 9.29. The fraction of sp³-hybridized carbons (Fsp3) is 0.417. The number of benzene rings is 1. The van der Waals surface area contributed by atoms with E-state index in [-0.39, 0.29) is 5.91 Å². The van der Waals surface area contributed by atoms with Crippen LogP contribution in [0.1, 0.15) is 24.5 Å². The van der Waals surface area contributed by atoms with Gasteiger partial charge in [0.25, 0.3) is 0 Å². The minimum atomic E-state index is 0.150. The van der Waals surface area contributed by atoms with Gasteiger partial charge in [-0.05, 0) is 25.5 Å². The Morgan fingerprint density at radius 1 is 1.36 bits per heavy atom. The average Bonchev–Trinajstić information content (AvgIpc) is 2.15. The number of rotatable bonds is 2. The minimum Gasteiger partial charge on any atom is -0.315 e. The number of hydrogen-bond donors (Lipinski definition) is 0. The number of nitrogens with zero attached hydrogens (tertiary/aromatic N) is 1. The third kappa shape index (κ3) is 2.13. The Kier molecular flexibility index (Phi) is 3.28. The molecule has 0 fully saturated rings. The molecule has 2 nitrogen and oxygen atoms in total. The number of aryl methyl sites for hydroxylation is 2. The van der Waals surface area contributed by atoms with Crippen LogP contribution in [0.4, 0.5) is 5.69 Å². The molecule has 2 heteroatoms. The van der Waals surface area contributed by atoms with E-state index in [4.69, 9.17) is 0 Å². The van der Waals surface area contributed by atoms with Gasteiger partial charge in [-0.3, -0.25) is 4.79 Å². The molecule has 1 aromatic rings. The van der Waals surface area contributed by atoms with Crippen molar-refractivity contribution in [2.24, 2.45) is 0 Å². The van der Waals surface area contributed by atoms with Crippen molar-refractivity contribution >= 4 is 11.6 Å². The van der Waals surface area contributed by atoms with E-state index in [9.17, 15) is 4.79 Å². The van der Waals surface area contributed by atoms with Gasteiger partial charge in [-0.15, -0.1) is 0 Å². The molecular weight excluding hydrogens is 174 g/mol. The lowest BCUT2D eigenvalue weighted by atomic mass is 10.1. The van der Waals surface area contributed by atoms with Gasteiger partial charge in [-0.2, -0.15) is 0 Å². The molecule has 76 valence electrons. The molecule has 1 amide bonds. The predicted molar refractivity (Wildman–Crippen MR) is 59.6 cm³/mol. The van der Waals surface area contributed by atoms with Gasteiger partial charge in [0.2, 0.25) is 5.91 Å². The monoisotopic (exact) mass is 191 g/mol. The molecule has 0 saturated carbocycles. The molecule has 1 aromatic carbocycles. The Morgan fingerprint density at radius 2 is 2.00 bits per heavy atom. The molecule has 14 heavy (non-hydrogen) atoms. The summed E-state index contributed by atoms with van der Waals surface area (Å²) in [6, 6.07) is 6.12. The summed E-state index contributed by atoms with van der Waals surface area (Å²) in [6.07, 6.45) is 0.545. The molecule has 0 saturated heterocycles. The minimum absolute atomic E-state index is 0.150. The van der Waals surface area contributed by atoms with Gasteiger partial charge in [0, 0.05) is 19.2 Å². The van der Waals surface area contributed by atoms with Gasteiger partial charge in [0.15, 0.2) is 0 Å². The van der Waals surface area contributed by atoms with E-state index in [1.165, 1.54) is 5.56 Å². The van der Waals surface area contributed by atoms with Crippen molar-refractivity contribution in [2.45, 2.75) is 27.2 Å². The summed E-state index contributed by atoms with van der Waals surface area (Å²) < 4.78 is 0. The Morgan fingerprint density at radius 3 is 2.50 bits per heavy atom. The number of amides is 1. The van der Waals surface area contributed by atoms with Crippen molar-refractivity contribution in [1.29, 1.82) is 0 Å². The van der Waals surface area contributed by atoms with E-state index in [0.717, 1.165) is 11.3 Å². The summed E-state index contributed by atoms with van der Waals surface area (Å²) in [7, 11) is 1.82. The predicted octanol–water partition coefficient (Wildman–Crippen LogP) is 2.68. The second-order valence-corrected chi connectivity index (χ2v) is 3.60. The second kappa shape index (κ2) is 4.27. The van der Waals surface area contributed by atoms with Gasteiger partial charge in [0.1, 0.15) is 0 Å². The highest BCUT2D eigenvalue weighted by atomic mass is 16.2. The van der Waals surface area contributed by atoms with Crippen LogP contribution in [-0.2, 0) is 4.79 Å². The maximum atomic E-state index is 11.5. The van der Waals surface area contributed by atoms with Crippen LogP contribution in [0.5, 0.6) is 0 Å². The van der Waals surface area contributed by atoms with Crippen molar-refractivity contribution in [1.82, 2.24) is 0 Å². The summed E-state index contributed by atoms with van der Waals surface area (Å²) in [4.78, 5) is 13.2. The number of anilines is 1. The molecular formula is C12H17NO. The van der Waals surface area contributed by atoms with Crippen molar-refractivity contribution in [3.05, 3.63) is 29.3 Å². The van der Waals surface area contributed by atoms with Crippen molar-refractivity contribution in [2.75, 3.05) is 11.9 Å². The first-order valence-corrected chi connectivity index (χ1v) is 4.90. The maximum absolute atomic E-state index is 11.5. The molecule has 0 aromatic heterocycles. The van der Waals surface area contributed by atoms with Gasteiger partial charge in [-0.1, -0.05) is 24.6 Å². The Labute approximate surface area is 85.5 Å². The quantitative estimate of drug-likeness (QED) is 0.703. The number of carbonyl (C=O) groups excluding carboxylic acids is 1. The third-order valence-electron chi connectivity index (χ3n) is 2.39. The molecule has 0 heterocycles. The lowest BCUT2D eigenvalue weighted by Crippen LogP contribution is -2.25. The van der Waals surface area contributed by atoms with E-state index in [0.29, 0.717) is 6.42 Å². The Bertz CT molecular complexity index is 344. The van der Waals surface area contributed by atoms with Gasteiger partial charge >= 0.3 is 0 Å². The Hall–Kier alpha value is -1.31. The normalized spacial score (nSPS) is 10.0. The Balaban J connectivity index is 3.01. The standard InChI is InChI=1S/C12H17NO/c1-5-12(14)13(4)11-7-6-9(2)8-10(11)3/h6-8H,5H2,1-4H3. The van der Waals surface area contributed by atoms with E-state index >= 15 is 0 Å². The van der Waals surface area contributed by atoms with Crippen LogP contribution < -0.4 is 4.90 Å². The van der Waals surface area contributed by atoms with Gasteiger partial charge in [0.05, 0.1) is 0 Å². The number of hydrogen-bond acceptors (Lipinski definition) is 1. The molecule has 0 bridgehead atoms. The zero-order valence-corrected chi connectivity index (χ0v) is 9.29. The van der Waals surface area contributed by atoms with Crippen LogP contribution in [0.15, 0.2) is 18.2 Å². The van der Waals surface area contributed by atoms with E-state index in [1.807, 2.05) is 33.0 Å². The molecule has 0 aliphatic carbocycles. The molecule has 0 radical (unpaired) electrons. The molecule has 0 aliphatic rings. The van der Waals surface area contributed by atoms with Crippen LogP contribution in [-0.4, -0.2) is 13.0 Å². The second-order valence-electron chi connectivity index (χ2n) is 3.60. The molecule has 0 atom stereocenters. The van der Waals surface area contributed by atoms with E-state index in [2.05, 4.69) is 13.0 Å². The summed E-state index contributed by atoms with van der Waals surface area (Å²) in [6.45, 7) is 5.96. The third-order valence-corrected chi connectivity index (χ3v) is 2.39. The largest absolute Gasteiger partial charge is 0.315 e. The topological polar surface area (TPSA) is 20.3 Å². The first-order valence-electron chi connectivity index (χ1n) is 4.90. The van der Waals surface area contributed by atoms with Crippen LogP contribution >= 0.6 is 0 Å². The van der Waals surface area contributed by atoms with E-state index < -0.39 is 0 Å². The summed E-state index contributed by atoms with van der Waals surface area (Å²) >= 11 is 0.